The Hall–Kier alpha value is -1.13. The molecule has 1 aliphatic carbocycles. The fourth-order valence-electron chi connectivity index (χ4n) is 3.57. The number of aromatic nitrogens is 1. The first-order valence-corrected chi connectivity index (χ1v) is 7.58. The van der Waals surface area contributed by atoms with Crippen LogP contribution in [0.1, 0.15) is 55.7 Å². The topological polar surface area (TPSA) is 60.2 Å². The molecular formula is C16H27N3O. The van der Waals surface area contributed by atoms with Gasteiger partial charge >= 0.3 is 0 Å². The summed E-state index contributed by atoms with van der Waals surface area (Å²) in [7, 11) is 3.82. The molecule has 1 heterocycles. The number of aryl methyl sites for hydroxylation is 1. The van der Waals surface area contributed by atoms with Gasteiger partial charge in [0.05, 0.1) is 11.6 Å². The molecule has 2 rings (SSSR count). The Morgan fingerprint density at radius 2 is 1.95 bits per heavy atom. The van der Waals surface area contributed by atoms with E-state index in [-0.39, 0.29) is 11.6 Å². The number of nitrogen functional groups attached to an aromatic ring is 1. The molecule has 20 heavy (non-hydrogen) atoms. The maximum atomic E-state index is 6.15. The van der Waals surface area contributed by atoms with Crippen molar-refractivity contribution in [3.05, 3.63) is 23.4 Å². The quantitative estimate of drug-likeness (QED) is 0.831. The van der Waals surface area contributed by atoms with E-state index in [4.69, 9.17) is 10.5 Å². The molecule has 0 saturated heterocycles. The van der Waals surface area contributed by atoms with E-state index in [1.807, 2.05) is 20.2 Å². The summed E-state index contributed by atoms with van der Waals surface area (Å²) < 4.78 is 6.03. The lowest BCUT2D eigenvalue weighted by molar-refractivity contribution is -0.0523. The largest absolute Gasteiger partial charge is 0.383 e. The summed E-state index contributed by atoms with van der Waals surface area (Å²) in [5.74, 6) is 0.616. The van der Waals surface area contributed by atoms with Crippen LogP contribution in [0.2, 0.25) is 0 Å². The van der Waals surface area contributed by atoms with Crippen LogP contribution in [-0.4, -0.2) is 24.7 Å². The van der Waals surface area contributed by atoms with Crippen molar-refractivity contribution in [1.29, 1.82) is 0 Å². The van der Waals surface area contributed by atoms with Crippen LogP contribution < -0.4 is 11.1 Å². The first kappa shape index (κ1) is 15.3. The van der Waals surface area contributed by atoms with E-state index in [9.17, 15) is 0 Å². The maximum absolute atomic E-state index is 6.15. The molecule has 1 aromatic heterocycles. The van der Waals surface area contributed by atoms with Crippen LogP contribution in [0.4, 0.5) is 5.82 Å². The van der Waals surface area contributed by atoms with E-state index in [0.717, 1.165) is 18.4 Å². The van der Waals surface area contributed by atoms with Gasteiger partial charge in [0.15, 0.2) is 0 Å². The second-order valence-electron chi connectivity index (χ2n) is 5.83. The Labute approximate surface area is 122 Å². The minimum atomic E-state index is -0.173. The van der Waals surface area contributed by atoms with Gasteiger partial charge < -0.3 is 15.8 Å². The van der Waals surface area contributed by atoms with Gasteiger partial charge in [-0.2, -0.15) is 0 Å². The van der Waals surface area contributed by atoms with E-state index >= 15 is 0 Å². The van der Waals surface area contributed by atoms with Crippen molar-refractivity contribution < 1.29 is 4.74 Å². The number of hydrogen-bond donors (Lipinski definition) is 2. The van der Waals surface area contributed by atoms with Crippen molar-refractivity contribution in [2.24, 2.45) is 0 Å². The van der Waals surface area contributed by atoms with Crippen LogP contribution in [0.3, 0.4) is 0 Å². The first-order valence-electron chi connectivity index (χ1n) is 7.58. The molecule has 112 valence electrons. The lowest BCUT2D eigenvalue weighted by Gasteiger charge is -2.40. The molecule has 0 aromatic carbocycles. The Bertz CT molecular complexity index is 419. The van der Waals surface area contributed by atoms with Crippen LogP contribution in [0, 0.1) is 6.92 Å². The SMILES string of the molecule is CNC(c1c(C)ccnc1N)C1(OC)CCCCCC1. The second-order valence-corrected chi connectivity index (χ2v) is 5.83. The van der Waals surface area contributed by atoms with Crippen LogP contribution in [0.15, 0.2) is 12.3 Å². The van der Waals surface area contributed by atoms with Gasteiger partial charge in [-0.05, 0) is 38.4 Å². The number of likely N-dealkylation sites (N-methyl/N-ethyl adjacent to an activating group) is 1. The molecular weight excluding hydrogens is 250 g/mol. The van der Waals surface area contributed by atoms with Crippen molar-refractivity contribution in [3.8, 4) is 0 Å². The zero-order valence-corrected chi connectivity index (χ0v) is 12.9. The lowest BCUT2D eigenvalue weighted by Crippen LogP contribution is -2.45. The predicted molar refractivity (Wildman–Crippen MR) is 82.6 cm³/mol. The molecule has 4 nitrogen and oxygen atoms in total. The Kier molecular flexibility index (Phi) is 5.00. The summed E-state index contributed by atoms with van der Waals surface area (Å²) in [6.45, 7) is 2.10. The van der Waals surface area contributed by atoms with Crippen molar-refractivity contribution in [2.45, 2.75) is 57.1 Å². The molecule has 1 aromatic rings. The summed E-state index contributed by atoms with van der Waals surface area (Å²) in [5, 5.41) is 3.44. The number of methoxy groups -OCH3 is 1. The molecule has 4 heteroatoms. The molecule has 1 atom stereocenters. The van der Waals surface area contributed by atoms with Gasteiger partial charge in [0, 0.05) is 18.9 Å². The zero-order valence-electron chi connectivity index (χ0n) is 12.9. The van der Waals surface area contributed by atoms with Crippen molar-refractivity contribution in [1.82, 2.24) is 10.3 Å². The fraction of sp³-hybridized carbons (Fsp3) is 0.688. The van der Waals surface area contributed by atoms with Gasteiger partial charge in [0.2, 0.25) is 0 Å². The first-order chi connectivity index (χ1) is 9.64. The number of anilines is 1. The maximum Gasteiger partial charge on any atom is 0.128 e. The number of pyridine rings is 1. The lowest BCUT2D eigenvalue weighted by atomic mass is 9.81. The summed E-state index contributed by atoms with van der Waals surface area (Å²) in [5.41, 5.74) is 8.25. The van der Waals surface area contributed by atoms with E-state index < -0.39 is 0 Å². The number of nitrogens with two attached hydrogens (primary N) is 1. The minimum Gasteiger partial charge on any atom is -0.383 e. The van der Waals surface area contributed by atoms with Gasteiger partial charge in [0.25, 0.3) is 0 Å². The van der Waals surface area contributed by atoms with E-state index in [1.54, 1.807) is 6.20 Å². The van der Waals surface area contributed by atoms with Gasteiger partial charge in [0.1, 0.15) is 5.82 Å². The Morgan fingerprint density at radius 1 is 1.30 bits per heavy atom. The Balaban J connectivity index is 2.43. The van der Waals surface area contributed by atoms with Crippen molar-refractivity contribution in [2.75, 3.05) is 19.9 Å². The highest BCUT2D eigenvalue weighted by Crippen LogP contribution is 2.42. The third kappa shape index (κ3) is 2.81. The highest BCUT2D eigenvalue weighted by molar-refractivity contribution is 5.47. The third-order valence-electron chi connectivity index (χ3n) is 4.70. The number of nitrogens with zero attached hydrogens (tertiary/aromatic N) is 1. The monoisotopic (exact) mass is 277 g/mol. The molecule has 0 radical (unpaired) electrons. The van der Waals surface area contributed by atoms with E-state index in [1.165, 1.54) is 31.2 Å². The van der Waals surface area contributed by atoms with Gasteiger partial charge in [-0.1, -0.05) is 25.7 Å². The standard InChI is InChI=1S/C16H27N3O/c1-12-8-11-19-15(17)13(12)14(18-2)16(20-3)9-6-4-5-7-10-16/h8,11,14,18H,4-7,9-10H2,1-3H3,(H2,17,19). The van der Waals surface area contributed by atoms with Crippen LogP contribution in [0.5, 0.6) is 0 Å². The summed E-state index contributed by atoms with van der Waals surface area (Å²) in [6.07, 6.45) is 8.93. The molecule has 0 aliphatic heterocycles. The predicted octanol–water partition coefficient (Wildman–Crippen LogP) is 2.97. The van der Waals surface area contributed by atoms with Crippen molar-refractivity contribution in [3.63, 3.8) is 0 Å². The molecule has 0 amide bonds. The van der Waals surface area contributed by atoms with E-state index in [2.05, 4.69) is 17.2 Å². The third-order valence-corrected chi connectivity index (χ3v) is 4.70. The van der Waals surface area contributed by atoms with Crippen LogP contribution in [0.25, 0.3) is 0 Å². The van der Waals surface area contributed by atoms with Gasteiger partial charge in [-0.15, -0.1) is 0 Å². The summed E-state index contributed by atoms with van der Waals surface area (Å²) in [6, 6.07) is 2.12. The highest BCUT2D eigenvalue weighted by atomic mass is 16.5. The number of nitrogens with one attached hydrogen (secondary N) is 1. The highest BCUT2D eigenvalue weighted by Gasteiger charge is 2.40. The van der Waals surface area contributed by atoms with Crippen LogP contribution >= 0.6 is 0 Å². The average molecular weight is 277 g/mol. The van der Waals surface area contributed by atoms with Gasteiger partial charge in [-0.25, -0.2) is 4.98 Å². The molecule has 0 bridgehead atoms. The molecule has 0 spiro atoms. The minimum absolute atomic E-state index is 0.0966. The number of hydrogen-bond acceptors (Lipinski definition) is 4. The summed E-state index contributed by atoms with van der Waals surface area (Å²) >= 11 is 0. The smallest absolute Gasteiger partial charge is 0.128 e. The van der Waals surface area contributed by atoms with Crippen LogP contribution in [-0.2, 0) is 4.74 Å². The average Bonchev–Trinajstić information content (AvgIpc) is 2.69. The van der Waals surface area contributed by atoms with Gasteiger partial charge in [-0.3, -0.25) is 0 Å². The molecule has 1 saturated carbocycles. The molecule has 1 fully saturated rings. The normalized spacial score (nSPS) is 20.4. The fourth-order valence-corrected chi connectivity index (χ4v) is 3.57. The number of ether oxygens (including phenoxy) is 1. The number of rotatable bonds is 4. The second kappa shape index (κ2) is 6.55. The zero-order chi connectivity index (χ0) is 14.6. The summed E-state index contributed by atoms with van der Waals surface area (Å²) in [4.78, 5) is 4.27. The molecule has 3 N–H and O–H groups in total. The molecule has 1 aliphatic rings. The molecule has 1 unspecified atom stereocenters. The van der Waals surface area contributed by atoms with E-state index in [0.29, 0.717) is 5.82 Å². The van der Waals surface area contributed by atoms with Crippen molar-refractivity contribution >= 4 is 5.82 Å². The Morgan fingerprint density at radius 3 is 2.45 bits per heavy atom.